The first-order valence-corrected chi connectivity index (χ1v) is 6.11. The number of nitro groups is 1. The van der Waals surface area contributed by atoms with E-state index in [-0.39, 0.29) is 35.5 Å². The van der Waals surface area contributed by atoms with Crippen molar-refractivity contribution in [2.75, 3.05) is 13.2 Å². The maximum absolute atomic E-state index is 12.2. The van der Waals surface area contributed by atoms with E-state index in [1.165, 1.54) is 23.1 Å². The van der Waals surface area contributed by atoms with Crippen LogP contribution in [-0.4, -0.2) is 40.0 Å². The second-order valence-corrected chi connectivity index (χ2v) is 4.71. The molecule has 0 aliphatic carbocycles. The van der Waals surface area contributed by atoms with Crippen molar-refractivity contribution >= 4 is 23.2 Å². The summed E-state index contributed by atoms with van der Waals surface area (Å²) in [7, 11) is 0. The summed E-state index contributed by atoms with van der Waals surface area (Å²) < 4.78 is 0. The lowest BCUT2D eigenvalue weighted by Crippen LogP contribution is -2.39. The van der Waals surface area contributed by atoms with Gasteiger partial charge in [-0.2, -0.15) is 0 Å². The van der Waals surface area contributed by atoms with Crippen molar-refractivity contribution in [2.24, 2.45) is 0 Å². The molecule has 6 nitrogen and oxygen atoms in total. The highest BCUT2D eigenvalue weighted by Crippen LogP contribution is 2.22. The Morgan fingerprint density at radius 2 is 2.11 bits per heavy atom. The molecule has 0 radical (unpaired) electrons. The molecule has 0 unspecified atom stereocenters. The number of halogens is 1. The second-order valence-electron chi connectivity index (χ2n) is 4.27. The fourth-order valence-electron chi connectivity index (χ4n) is 1.67. The van der Waals surface area contributed by atoms with Gasteiger partial charge in [0.2, 0.25) is 0 Å². The number of non-ortho nitro benzene ring substituents is 1. The van der Waals surface area contributed by atoms with Gasteiger partial charge in [-0.25, -0.2) is 0 Å². The number of amides is 1. The van der Waals surface area contributed by atoms with Gasteiger partial charge >= 0.3 is 0 Å². The minimum atomic E-state index is -0.603. The molecule has 0 aliphatic rings. The van der Waals surface area contributed by atoms with Crippen LogP contribution in [0.1, 0.15) is 24.2 Å². The Labute approximate surface area is 115 Å². The molecular weight excluding hydrogens is 272 g/mol. The zero-order valence-corrected chi connectivity index (χ0v) is 11.4. The van der Waals surface area contributed by atoms with Gasteiger partial charge in [0.15, 0.2) is 0 Å². The van der Waals surface area contributed by atoms with E-state index in [0.717, 1.165) is 0 Å². The molecule has 1 amide bonds. The summed E-state index contributed by atoms with van der Waals surface area (Å²) in [5.74, 6) is -0.394. The smallest absolute Gasteiger partial charge is 0.271 e. The van der Waals surface area contributed by atoms with E-state index in [0.29, 0.717) is 0 Å². The Hall–Kier alpha value is -1.66. The van der Waals surface area contributed by atoms with Crippen LogP contribution < -0.4 is 0 Å². The highest BCUT2D eigenvalue weighted by Gasteiger charge is 2.21. The van der Waals surface area contributed by atoms with Crippen molar-refractivity contribution in [1.82, 2.24) is 4.90 Å². The summed E-state index contributed by atoms with van der Waals surface area (Å²) in [5, 5.41) is 19.8. The first-order chi connectivity index (χ1) is 8.86. The number of benzene rings is 1. The van der Waals surface area contributed by atoms with E-state index in [9.17, 15) is 14.9 Å². The minimum absolute atomic E-state index is 0.127. The van der Waals surface area contributed by atoms with Gasteiger partial charge in [0.1, 0.15) is 0 Å². The Bertz CT molecular complexity index is 491. The summed E-state index contributed by atoms with van der Waals surface area (Å²) in [6.07, 6.45) is 0. The summed E-state index contributed by atoms with van der Waals surface area (Å²) in [5.41, 5.74) is -0.0927. The molecule has 7 heteroatoms. The molecule has 0 saturated heterocycles. The molecular formula is C12H15ClN2O4. The molecule has 1 rings (SSSR count). The number of nitro benzene ring substituents is 1. The molecule has 19 heavy (non-hydrogen) atoms. The highest BCUT2D eigenvalue weighted by atomic mass is 35.5. The summed E-state index contributed by atoms with van der Waals surface area (Å²) in [6, 6.07) is 3.62. The predicted molar refractivity (Wildman–Crippen MR) is 71.4 cm³/mol. The third-order valence-corrected chi connectivity index (χ3v) is 2.78. The average molecular weight is 287 g/mol. The first-order valence-electron chi connectivity index (χ1n) is 5.73. The molecule has 1 N–H and O–H groups in total. The van der Waals surface area contributed by atoms with Crippen LogP contribution in [0.25, 0.3) is 0 Å². The zero-order valence-electron chi connectivity index (χ0n) is 10.7. The molecule has 0 aliphatic heterocycles. The fourth-order valence-corrected chi connectivity index (χ4v) is 1.90. The van der Waals surface area contributed by atoms with E-state index in [1.54, 1.807) is 13.8 Å². The summed E-state index contributed by atoms with van der Waals surface area (Å²) in [6.45, 7) is 3.59. The SMILES string of the molecule is CC(C)N(CCO)C(=O)c1cc(Cl)cc([N+](=O)[O-])c1. The third-order valence-electron chi connectivity index (χ3n) is 2.57. The zero-order chi connectivity index (χ0) is 14.6. The van der Waals surface area contributed by atoms with Crippen LogP contribution in [0.15, 0.2) is 18.2 Å². The number of hydrogen-bond donors (Lipinski definition) is 1. The third kappa shape index (κ3) is 3.90. The van der Waals surface area contributed by atoms with Crippen molar-refractivity contribution in [3.63, 3.8) is 0 Å². The van der Waals surface area contributed by atoms with E-state index in [4.69, 9.17) is 16.7 Å². The van der Waals surface area contributed by atoms with Gasteiger partial charge in [-0.05, 0) is 19.9 Å². The molecule has 0 atom stereocenters. The van der Waals surface area contributed by atoms with Crippen molar-refractivity contribution in [2.45, 2.75) is 19.9 Å². The molecule has 0 spiro atoms. The minimum Gasteiger partial charge on any atom is -0.395 e. The van der Waals surface area contributed by atoms with E-state index in [2.05, 4.69) is 0 Å². The standard InChI is InChI=1S/C12H15ClN2O4/c1-8(2)14(3-4-16)12(17)9-5-10(13)7-11(6-9)15(18)19/h5-8,16H,3-4H2,1-2H3. The van der Waals surface area contributed by atoms with Crippen LogP contribution in [0.4, 0.5) is 5.69 Å². The van der Waals surface area contributed by atoms with Crippen LogP contribution in [-0.2, 0) is 0 Å². The lowest BCUT2D eigenvalue weighted by Gasteiger charge is -2.26. The summed E-state index contributed by atoms with van der Waals surface area (Å²) in [4.78, 5) is 23.8. The van der Waals surface area contributed by atoms with Crippen molar-refractivity contribution in [1.29, 1.82) is 0 Å². The number of nitrogens with zero attached hydrogens (tertiary/aromatic N) is 2. The van der Waals surface area contributed by atoms with Crippen LogP contribution in [0.2, 0.25) is 5.02 Å². The molecule has 104 valence electrons. The number of aliphatic hydroxyl groups is 1. The number of aliphatic hydroxyl groups excluding tert-OH is 1. The Balaban J connectivity index is 3.13. The van der Waals surface area contributed by atoms with Crippen LogP contribution in [0.3, 0.4) is 0 Å². The molecule has 0 aromatic heterocycles. The first kappa shape index (κ1) is 15.4. The van der Waals surface area contributed by atoms with Crippen molar-refractivity contribution < 1.29 is 14.8 Å². The van der Waals surface area contributed by atoms with Crippen molar-refractivity contribution in [3.8, 4) is 0 Å². The fraction of sp³-hybridized carbons (Fsp3) is 0.417. The van der Waals surface area contributed by atoms with Gasteiger partial charge in [0.05, 0.1) is 11.5 Å². The quantitative estimate of drug-likeness (QED) is 0.663. The van der Waals surface area contributed by atoms with E-state index in [1.807, 2.05) is 0 Å². The maximum atomic E-state index is 12.2. The van der Waals surface area contributed by atoms with E-state index >= 15 is 0 Å². The monoisotopic (exact) mass is 286 g/mol. The molecule has 1 aromatic rings. The molecule has 0 fully saturated rings. The van der Waals surface area contributed by atoms with E-state index < -0.39 is 10.8 Å². The average Bonchev–Trinajstić information content (AvgIpc) is 2.33. The van der Waals surface area contributed by atoms with Gasteiger partial charge in [-0.15, -0.1) is 0 Å². The lowest BCUT2D eigenvalue weighted by molar-refractivity contribution is -0.384. The second kappa shape index (κ2) is 6.49. The Morgan fingerprint density at radius 3 is 2.58 bits per heavy atom. The Morgan fingerprint density at radius 1 is 1.47 bits per heavy atom. The molecule has 0 saturated carbocycles. The number of carbonyl (C=O) groups is 1. The summed E-state index contributed by atoms with van der Waals surface area (Å²) >= 11 is 5.77. The molecule has 0 bridgehead atoms. The predicted octanol–water partition coefficient (Wildman–Crippen LogP) is 2.09. The van der Waals surface area contributed by atoms with Crippen LogP contribution in [0, 0.1) is 10.1 Å². The number of rotatable bonds is 5. The van der Waals surface area contributed by atoms with Crippen molar-refractivity contribution in [3.05, 3.63) is 38.9 Å². The van der Waals surface area contributed by atoms with Crippen LogP contribution in [0.5, 0.6) is 0 Å². The van der Waals surface area contributed by atoms with Gasteiger partial charge in [0.25, 0.3) is 11.6 Å². The van der Waals surface area contributed by atoms with Crippen LogP contribution >= 0.6 is 11.6 Å². The molecule has 1 aromatic carbocycles. The van der Waals surface area contributed by atoms with Gasteiger partial charge in [-0.1, -0.05) is 11.6 Å². The topological polar surface area (TPSA) is 83.7 Å². The normalized spacial score (nSPS) is 10.6. The number of hydrogen-bond acceptors (Lipinski definition) is 4. The Kier molecular flexibility index (Phi) is 5.26. The lowest BCUT2D eigenvalue weighted by atomic mass is 10.1. The molecule has 0 heterocycles. The van der Waals surface area contributed by atoms with Gasteiger partial charge in [0, 0.05) is 35.3 Å². The maximum Gasteiger partial charge on any atom is 0.271 e. The number of carbonyl (C=O) groups excluding carboxylic acids is 1. The van der Waals surface area contributed by atoms with Gasteiger partial charge < -0.3 is 10.0 Å². The van der Waals surface area contributed by atoms with Gasteiger partial charge in [-0.3, -0.25) is 14.9 Å². The largest absolute Gasteiger partial charge is 0.395 e. The highest BCUT2D eigenvalue weighted by molar-refractivity contribution is 6.31.